The van der Waals surface area contributed by atoms with E-state index in [0.29, 0.717) is 48.7 Å². The van der Waals surface area contributed by atoms with E-state index in [4.69, 9.17) is 9.47 Å². The van der Waals surface area contributed by atoms with Gasteiger partial charge in [-0.1, -0.05) is 109 Å². The number of benzene rings is 8. The third kappa shape index (κ3) is 12.1. The first kappa shape index (κ1) is 49.4. The molecule has 10 rings (SSSR count). The number of halogens is 4. The van der Waals surface area contributed by atoms with Crippen molar-refractivity contribution < 1.29 is 41.4 Å². The van der Waals surface area contributed by atoms with Crippen molar-refractivity contribution in [2.24, 2.45) is 11.8 Å². The van der Waals surface area contributed by atoms with Crippen molar-refractivity contribution >= 4 is 35.0 Å². The minimum absolute atomic E-state index is 0.0141. The van der Waals surface area contributed by atoms with Crippen LogP contribution in [0.5, 0.6) is 11.5 Å². The lowest BCUT2D eigenvalue weighted by Gasteiger charge is -2.47. The quantitative estimate of drug-likeness (QED) is 0.0516. The summed E-state index contributed by atoms with van der Waals surface area (Å²) in [5, 5.41) is 0. The molecule has 73 heavy (non-hydrogen) atoms. The van der Waals surface area contributed by atoms with Crippen molar-refractivity contribution in [3.8, 4) is 11.5 Å². The molecule has 8 aromatic carbocycles. The van der Waals surface area contributed by atoms with E-state index in [-0.39, 0.29) is 59.5 Å². The van der Waals surface area contributed by atoms with E-state index in [0.717, 1.165) is 33.6 Å². The number of allylic oxidation sites excluding steroid dienone is 1. The molecule has 4 atom stereocenters. The van der Waals surface area contributed by atoms with Crippen LogP contribution in [0.3, 0.4) is 0 Å². The molecular weight excluding hydrogens is 929 g/mol. The predicted octanol–water partition coefficient (Wildman–Crippen LogP) is 14.3. The number of Topliss-reactive ketones (excluding diaryl/α,β-unsaturated/α-hetero) is 1. The van der Waals surface area contributed by atoms with E-state index in [9.17, 15) is 31.9 Å². The summed E-state index contributed by atoms with van der Waals surface area (Å²) in [6.07, 6.45) is 4.88. The third-order valence-corrected chi connectivity index (χ3v) is 13.0. The van der Waals surface area contributed by atoms with E-state index >= 15 is 0 Å². The van der Waals surface area contributed by atoms with Gasteiger partial charge in [0.1, 0.15) is 48.0 Å². The normalized spacial score (nSPS) is 17.0. The number of amides is 2. The fraction of sp³-hybridized carbons (Fsp3) is 0.145. The van der Waals surface area contributed by atoms with Crippen LogP contribution < -0.4 is 19.3 Å². The molecule has 0 aliphatic carbocycles. The summed E-state index contributed by atoms with van der Waals surface area (Å²) in [4.78, 5) is 42.4. The molecule has 0 saturated carbocycles. The first-order valence-corrected chi connectivity index (χ1v) is 24.0. The zero-order chi connectivity index (χ0) is 50.7. The first-order chi connectivity index (χ1) is 35.6. The van der Waals surface area contributed by atoms with Crippen molar-refractivity contribution in [3.05, 3.63) is 269 Å². The Morgan fingerprint density at radius 1 is 0.466 bits per heavy atom. The van der Waals surface area contributed by atoms with Crippen LogP contribution in [0.2, 0.25) is 0 Å². The van der Waals surface area contributed by atoms with Gasteiger partial charge in [-0.2, -0.15) is 0 Å². The second kappa shape index (κ2) is 23.1. The second-order valence-corrected chi connectivity index (χ2v) is 17.8. The Morgan fingerprint density at radius 2 is 0.863 bits per heavy atom. The smallest absolute Gasteiger partial charge is 0.233 e. The van der Waals surface area contributed by atoms with E-state index in [1.807, 2.05) is 121 Å². The predicted molar refractivity (Wildman–Crippen MR) is 275 cm³/mol. The van der Waals surface area contributed by atoms with E-state index in [1.165, 1.54) is 60.7 Å². The molecule has 2 saturated heterocycles. The van der Waals surface area contributed by atoms with Gasteiger partial charge < -0.3 is 19.3 Å². The molecule has 2 amide bonds. The van der Waals surface area contributed by atoms with Gasteiger partial charge in [-0.25, -0.2) is 17.6 Å². The Morgan fingerprint density at radius 3 is 1.32 bits per heavy atom. The molecule has 0 aromatic heterocycles. The highest BCUT2D eigenvalue weighted by molar-refractivity contribution is 6.04. The standard InChI is InChI=1S/C31H25F2NO3.C31H25F2NO2/c32-24-10-6-22(7-11-24)29(35)19-18-28-30(34(31(28)36)26-14-12-25(33)13-15-26)23-8-16-27(17-9-23)37-20-21-4-2-1-3-5-21;32-25-13-9-22(10-14-25)7-4-8-29-30(34(31(29)35)27-17-15-26(33)16-18-27)24-11-19-28(20-12-24)36-21-23-5-2-1-3-6-23/h1-17,28,30H,18-20H2;1-7,9-20,29-30H,8,21H2/b;7-4+/t28-,30-;29-,30-/m11/s1. The molecular formula is C62H50F4N2O5. The molecule has 11 heteroatoms. The highest BCUT2D eigenvalue weighted by atomic mass is 19.1. The van der Waals surface area contributed by atoms with Crippen LogP contribution in [0.1, 0.15) is 69.5 Å². The maximum absolute atomic E-state index is 13.5. The summed E-state index contributed by atoms with van der Waals surface area (Å²) in [6.45, 7) is 0.915. The number of carbonyl (C=O) groups excluding carboxylic acids is 3. The van der Waals surface area contributed by atoms with Gasteiger partial charge in [-0.3, -0.25) is 14.4 Å². The minimum Gasteiger partial charge on any atom is -0.489 e. The number of rotatable bonds is 17. The fourth-order valence-electron chi connectivity index (χ4n) is 9.15. The van der Waals surface area contributed by atoms with Gasteiger partial charge in [0, 0.05) is 23.4 Å². The Hall–Kier alpha value is -8.57. The molecule has 2 aliphatic heterocycles. The van der Waals surface area contributed by atoms with Gasteiger partial charge in [0.05, 0.1) is 23.9 Å². The van der Waals surface area contributed by atoms with Crippen LogP contribution in [-0.2, 0) is 22.8 Å². The maximum Gasteiger partial charge on any atom is 0.233 e. The van der Waals surface area contributed by atoms with Crippen molar-refractivity contribution in [3.63, 3.8) is 0 Å². The average Bonchev–Trinajstić information content (AvgIpc) is 3.42. The number of hydrogen-bond acceptors (Lipinski definition) is 5. The molecule has 2 aliphatic rings. The van der Waals surface area contributed by atoms with Gasteiger partial charge in [-0.05, 0) is 150 Å². The molecule has 7 nitrogen and oxygen atoms in total. The zero-order valence-electron chi connectivity index (χ0n) is 39.6. The number of β-lactam (4-membered cyclic amide) rings is 2. The van der Waals surface area contributed by atoms with Crippen LogP contribution >= 0.6 is 0 Å². The van der Waals surface area contributed by atoms with E-state index < -0.39 is 11.7 Å². The monoisotopic (exact) mass is 978 g/mol. The number of ether oxygens (including phenoxy) is 2. The van der Waals surface area contributed by atoms with Crippen molar-refractivity contribution in [1.82, 2.24) is 0 Å². The van der Waals surface area contributed by atoms with Crippen LogP contribution in [0.25, 0.3) is 6.08 Å². The molecule has 0 spiro atoms. The Balaban J connectivity index is 0.000000180. The number of carbonyl (C=O) groups is 3. The number of anilines is 2. The molecule has 366 valence electrons. The zero-order valence-corrected chi connectivity index (χ0v) is 39.6. The second-order valence-electron chi connectivity index (χ2n) is 17.8. The molecule has 2 fully saturated rings. The average molecular weight is 979 g/mol. The summed E-state index contributed by atoms with van der Waals surface area (Å²) in [5.41, 5.74) is 6.57. The lowest BCUT2D eigenvalue weighted by atomic mass is 9.78. The highest BCUT2D eigenvalue weighted by Crippen LogP contribution is 2.47. The van der Waals surface area contributed by atoms with Gasteiger partial charge in [0.15, 0.2) is 5.78 Å². The summed E-state index contributed by atoms with van der Waals surface area (Å²) in [7, 11) is 0. The SMILES string of the molecule is O=C(CC[C@H]1C(=O)N(c2ccc(F)cc2)[C@@H]1c1ccc(OCc2ccccc2)cc1)c1ccc(F)cc1.O=C1[C@H](C/C=C/c2ccc(F)cc2)[C@@H](c2ccc(OCc3ccccc3)cc2)N1c1ccc(F)cc1. The summed E-state index contributed by atoms with van der Waals surface area (Å²) in [6, 6.07) is 58.1. The maximum atomic E-state index is 13.5. The van der Waals surface area contributed by atoms with Gasteiger partial charge in [0.25, 0.3) is 0 Å². The number of hydrogen-bond donors (Lipinski definition) is 0. The topological polar surface area (TPSA) is 76.1 Å². The molecule has 8 aromatic rings. The third-order valence-electron chi connectivity index (χ3n) is 13.0. The first-order valence-electron chi connectivity index (χ1n) is 24.0. The van der Waals surface area contributed by atoms with Crippen molar-refractivity contribution in [2.75, 3.05) is 9.80 Å². The highest BCUT2D eigenvalue weighted by Gasteiger charge is 2.49. The van der Waals surface area contributed by atoms with Crippen molar-refractivity contribution in [1.29, 1.82) is 0 Å². The summed E-state index contributed by atoms with van der Waals surface area (Å²) in [5.74, 6) is -0.914. The number of ketones is 1. The van der Waals surface area contributed by atoms with Crippen molar-refractivity contribution in [2.45, 2.75) is 44.6 Å². The van der Waals surface area contributed by atoms with Gasteiger partial charge in [-0.15, -0.1) is 0 Å². The molecule has 2 heterocycles. The largest absolute Gasteiger partial charge is 0.489 e. The van der Waals surface area contributed by atoms with Gasteiger partial charge in [0.2, 0.25) is 11.8 Å². The number of nitrogens with zero attached hydrogens (tertiary/aromatic N) is 2. The molecule has 0 N–H and O–H groups in total. The Kier molecular flexibility index (Phi) is 15.6. The van der Waals surface area contributed by atoms with Crippen LogP contribution in [-0.4, -0.2) is 17.6 Å². The summed E-state index contributed by atoms with van der Waals surface area (Å²) < 4.78 is 65.2. The summed E-state index contributed by atoms with van der Waals surface area (Å²) >= 11 is 0. The van der Waals surface area contributed by atoms with E-state index in [1.54, 1.807) is 46.2 Å². The molecule has 0 unspecified atom stereocenters. The van der Waals surface area contributed by atoms with Crippen LogP contribution in [0, 0.1) is 35.1 Å². The van der Waals surface area contributed by atoms with Crippen LogP contribution in [0.15, 0.2) is 212 Å². The molecule has 0 radical (unpaired) electrons. The van der Waals surface area contributed by atoms with Crippen LogP contribution in [0.4, 0.5) is 28.9 Å². The van der Waals surface area contributed by atoms with Gasteiger partial charge >= 0.3 is 0 Å². The Labute approximate surface area is 421 Å². The van der Waals surface area contributed by atoms with E-state index in [2.05, 4.69) is 0 Å². The Bertz CT molecular complexity index is 3140. The minimum atomic E-state index is -0.412. The lowest BCUT2D eigenvalue weighted by molar-refractivity contribution is -0.131. The lowest BCUT2D eigenvalue weighted by Crippen LogP contribution is -2.55. The fourth-order valence-corrected chi connectivity index (χ4v) is 9.15. The molecule has 0 bridgehead atoms.